The number of nitrogens with zero attached hydrogens (tertiary/aromatic N) is 3. The maximum Gasteiger partial charge on any atom is 0.422 e. The lowest BCUT2D eigenvalue weighted by Crippen LogP contribution is -2.20. The van der Waals surface area contributed by atoms with E-state index < -0.39 is 24.6 Å². The molecule has 0 bridgehead atoms. The van der Waals surface area contributed by atoms with E-state index in [4.69, 9.17) is 11.6 Å². The van der Waals surface area contributed by atoms with E-state index in [1.54, 1.807) is 29.1 Å². The van der Waals surface area contributed by atoms with Gasteiger partial charge in [-0.05, 0) is 37.3 Å². The van der Waals surface area contributed by atoms with Crippen molar-refractivity contribution in [3.05, 3.63) is 65.1 Å². The summed E-state index contributed by atoms with van der Waals surface area (Å²) in [5, 5.41) is 6.69. The van der Waals surface area contributed by atoms with Crippen molar-refractivity contribution in [1.29, 1.82) is 0 Å². The molecular weight excluding hydrogens is 397 g/mol. The highest BCUT2D eigenvalue weighted by Crippen LogP contribution is 2.25. The molecule has 0 aliphatic rings. The quantitative estimate of drug-likeness (QED) is 0.676. The summed E-state index contributed by atoms with van der Waals surface area (Å²) in [6, 6.07) is 10.1. The fourth-order valence-corrected chi connectivity index (χ4v) is 2.59. The summed E-state index contributed by atoms with van der Waals surface area (Å²) < 4.78 is 42.9. The Hall–Kier alpha value is -3.07. The number of carbonyl (C=O) groups excluding carboxylic acids is 1. The molecule has 3 aromatic rings. The van der Waals surface area contributed by atoms with Crippen molar-refractivity contribution >= 4 is 23.2 Å². The molecule has 6 nitrogen and oxygen atoms in total. The van der Waals surface area contributed by atoms with Crippen molar-refractivity contribution in [3.63, 3.8) is 0 Å². The molecule has 2 heterocycles. The first-order valence-corrected chi connectivity index (χ1v) is 8.38. The number of ether oxygens (including phenoxy) is 1. The molecule has 0 aliphatic carbocycles. The number of alkyl halides is 3. The minimum atomic E-state index is -4.51. The average Bonchev–Trinajstić information content (AvgIpc) is 3.06. The van der Waals surface area contributed by atoms with Gasteiger partial charge in [-0.25, -0.2) is 9.67 Å². The zero-order chi connectivity index (χ0) is 20.3. The Morgan fingerprint density at radius 3 is 2.71 bits per heavy atom. The largest absolute Gasteiger partial charge is 0.467 e. The number of nitrogens with one attached hydrogen (secondary N) is 1. The van der Waals surface area contributed by atoms with E-state index in [1.165, 1.54) is 6.07 Å². The van der Waals surface area contributed by atoms with E-state index in [1.807, 2.05) is 19.1 Å². The molecule has 1 aromatic carbocycles. The fourth-order valence-electron chi connectivity index (χ4n) is 2.36. The molecule has 28 heavy (non-hydrogen) atoms. The molecule has 1 N–H and O–H groups in total. The summed E-state index contributed by atoms with van der Waals surface area (Å²) in [4.78, 5) is 16.1. The van der Waals surface area contributed by atoms with Gasteiger partial charge >= 0.3 is 6.18 Å². The SMILES string of the molecule is Cc1ccnn1-c1cccc(NC(=O)c2cnc(OCC(F)(F)F)c(Cl)c2)c1. The third kappa shape index (κ3) is 4.80. The number of hydrogen-bond donors (Lipinski definition) is 1. The second kappa shape index (κ2) is 7.89. The molecule has 0 saturated carbocycles. The predicted molar refractivity (Wildman–Crippen MR) is 97.1 cm³/mol. The Morgan fingerprint density at radius 1 is 1.29 bits per heavy atom. The van der Waals surface area contributed by atoms with Crippen molar-refractivity contribution in [2.24, 2.45) is 0 Å². The van der Waals surface area contributed by atoms with Crippen LogP contribution >= 0.6 is 11.6 Å². The van der Waals surface area contributed by atoms with Gasteiger partial charge < -0.3 is 10.1 Å². The van der Waals surface area contributed by atoms with Crippen LogP contribution in [0.15, 0.2) is 48.8 Å². The van der Waals surface area contributed by atoms with Gasteiger partial charge in [0.15, 0.2) is 6.61 Å². The molecule has 1 amide bonds. The third-order valence-corrected chi connectivity index (χ3v) is 3.89. The highest BCUT2D eigenvalue weighted by molar-refractivity contribution is 6.32. The number of aryl methyl sites for hydroxylation is 1. The summed E-state index contributed by atoms with van der Waals surface area (Å²) >= 11 is 5.87. The van der Waals surface area contributed by atoms with Crippen molar-refractivity contribution < 1.29 is 22.7 Å². The number of pyridine rings is 1. The molecule has 146 valence electrons. The molecule has 2 aromatic heterocycles. The number of hydrogen-bond acceptors (Lipinski definition) is 4. The third-order valence-electron chi connectivity index (χ3n) is 3.62. The van der Waals surface area contributed by atoms with E-state index in [0.717, 1.165) is 17.6 Å². The molecule has 0 saturated heterocycles. The zero-order valence-corrected chi connectivity index (χ0v) is 15.3. The number of aromatic nitrogens is 3. The summed E-state index contributed by atoms with van der Waals surface area (Å²) in [7, 11) is 0. The van der Waals surface area contributed by atoms with Crippen LogP contribution in [0.4, 0.5) is 18.9 Å². The lowest BCUT2D eigenvalue weighted by Gasteiger charge is -2.11. The van der Waals surface area contributed by atoms with Crippen LogP contribution in [0.5, 0.6) is 5.88 Å². The summed E-state index contributed by atoms with van der Waals surface area (Å²) in [6.45, 7) is 0.374. The maximum atomic E-state index is 12.4. The topological polar surface area (TPSA) is 69.0 Å². The number of anilines is 1. The van der Waals surface area contributed by atoms with Crippen molar-refractivity contribution in [1.82, 2.24) is 14.8 Å². The van der Waals surface area contributed by atoms with Gasteiger partial charge in [0.1, 0.15) is 5.02 Å². The smallest absolute Gasteiger partial charge is 0.422 e. The Bertz CT molecular complexity index is 1000. The van der Waals surface area contributed by atoms with Crippen LogP contribution in [0.1, 0.15) is 16.1 Å². The number of rotatable bonds is 5. The molecule has 3 rings (SSSR count). The molecule has 0 atom stereocenters. The number of amides is 1. The summed E-state index contributed by atoms with van der Waals surface area (Å²) in [6.07, 6.45) is -1.76. The van der Waals surface area contributed by atoms with Gasteiger partial charge in [0.2, 0.25) is 5.88 Å². The van der Waals surface area contributed by atoms with Crippen LogP contribution in [-0.4, -0.2) is 33.5 Å². The van der Waals surface area contributed by atoms with Gasteiger partial charge in [-0.1, -0.05) is 17.7 Å². The monoisotopic (exact) mass is 410 g/mol. The van der Waals surface area contributed by atoms with Gasteiger partial charge in [-0.3, -0.25) is 4.79 Å². The van der Waals surface area contributed by atoms with E-state index in [9.17, 15) is 18.0 Å². The standard InChI is InChI=1S/C18H14ClF3N4O2/c1-11-5-6-24-26(11)14-4-2-3-13(8-14)25-16(27)12-7-15(19)17(23-9-12)28-10-18(20,21)22/h2-9H,10H2,1H3,(H,25,27). The van der Waals surface area contributed by atoms with E-state index >= 15 is 0 Å². The van der Waals surface area contributed by atoms with Crippen LogP contribution in [-0.2, 0) is 0 Å². The first-order chi connectivity index (χ1) is 13.2. The first-order valence-electron chi connectivity index (χ1n) is 8.00. The normalized spacial score (nSPS) is 11.3. The van der Waals surface area contributed by atoms with E-state index in [2.05, 4.69) is 20.1 Å². The number of carbonyl (C=O) groups is 1. The molecule has 0 radical (unpaired) electrons. The molecule has 0 unspecified atom stereocenters. The van der Waals surface area contributed by atoms with E-state index in [-0.39, 0.29) is 10.6 Å². The molecule has 0 aliphatic heterocycles. The van der Waals surface area contributed by atoms with Crippen molar-refractivity contribution in [2.75, 3.05) is 11.9 Å². The zero-order valence-electron chi connectivity index (χ0n) is 14.5. The van der Waals surface area contributed by atoms with Gasteiger partial charge in [0, 0.05) is 23.8 Å². The van der Waals surface area contributed by atoms with Crippen LogP contribution in [0, 0.1) is 6.92 Å². The van der Waals surface area contributed by atoms with Gasteiger partial charge in [-0.15, -0.1) is 0 Å². The molecular formula is C18H14ClF3N4O2. The second-order valence-electron chi connectivity index (χ2n) is 5.80. The van der Waals surface area contributed by atoms with Crippen LogP contribution < -0.4 is 10.1 Å². The Kier molecular flexibility index (Phi) is 5.55. The van der Waals surface area contributed by atoms with Crippen molar-refractivity contribution in [2.45, 2.75) is 13.1 Å². The molecule has 0 spiro atoms. The summed E-state index contributed by atoms with van der Waals surface area (Å²) in [5.41, 5.74) is 2.26. The Balaban J connectivity index is 1.73. The average molecular weight is 411 g/mol. The predicted octanol–water partition coefficient (Wildman–Crippen LogP) is 4.42. The van der Waals surface area contributed by atoms with Gasteiger partial charge in [0.25, 0.3) is 5.91 Å². The van der Waals surface area contributed by atoms with E-state index in [0.29, 0.717) is 5.69 Å². The Morgan fingerprint density at radius 2 is 2.07 bits per heavy atom. The second-order valence-corrected chi connectivity index (χ2v) is 6.21. The lowest BCUT2D eigenvalue weighted by molar-refractivity contribution is -0.154. The minimum absolute atomic E-state index is 0.0741. The Labute approximate surface area is 162 Å². The van der Waals surface area contributed by atoms with Crippen molar-refractivity contribution in [3.8, 4) is 11.6 Å². The number of benzene rings is 1. The molecule has 0 fully saturated rings. The van der Waals surface area contributed by atoms with Crippen LogP contribution in [0.3, 0.4) is 0 Å². The first kappa shape index (κ1) is 19.7. The molecule has 10 heteroatoms. The van der Waals surface area contributed by atoms with Gasteiger partial charge in [-0.2, -0.15) is 18.3 Å². The number of halogens is 4. The van der Waals surface area contributed by atoms with Gasteiger partial charge in [0.05, 0.1) is 11.3 Å². The van der Waals surface area contributed by atoms with Crippen LogP contribution in [0.25, 0.3) is 5.69 Å². The lowest BCUT2D eigenvalue weighted by atomic mass is 10.2. The maximum absolute atomic E-state index is 12.4. The minimum Gasteiger partial charge on any atom is -0.467 e. The highest BCUT2D eigenvalue weighted by Gasteiger charge is 2.29. The highest BCUT2D eigenvalue weighted by atomic mass is 35.5. The summed E-state index contributed by atoms with van der Waals surface area (Å²) in [5.74, 6) is -0.919. The fraction of sp³-hybridized carbons (Fsp3) is 0.167. The van der Waals surface area contributed by atoms with Crippen LogP contribution in [0.2, 0.25) is 5.02 Å².